The molecule has 2 atom stereocenters. The fourth-order valence-electron chi connectivity index (χ4n) is 2.98. The molecule has 2 aromatic rings. The summed E-state index contributed by atoms with van der Waals surface area (Å²) in [5, 5.41) is 2.14. The molecule has 1 heterocycles. The van der Waals surface area contributed by atoms with Gasteiger partial charge in [0.1, 0.15) is 0 Å². The first kappa shape index (κ1) is 13.1. The van der Waals surface area contributed by atoms with Crippen LogP contribution in [0, 0.1) is 5.92 Å². The SMILES string of the molecule is CC(N)C1CCN(C(=O)c2cccc3ccccc23)C1. The molecule has 0 radical (unpaired) electrons. The molecule has 0 spiro atoms. The first-order valence-corrected chi connectivity index (χ1v) is 7.19. The Labute approximate surface area is 119 Å². The van der Waals surface area contributed by atoms with Crippen molar-refractivity contribution in [3.05, 3.63) is 48.0 Å². The van der Waals surface area contributed by atoms with Crippen molar-refractivity contribution in [1.82, 2.24) is 4.90 Å². The van der Waals surface area contributed by atoms with Crippen LogP contribution in [0.2, 0.25) is 0 Å². The first-order valence-electron chi connectivity index (χ1n) is 7.19. The lowest BCUT2D eigenvalue weighted by atomic mass is 10.0. The Morgan fingerprint density at radius 1 is 1.25 bits per heavy atom. The molecule has 1 amide bonds. The highest BCUT2D eigenvalue weighted by atomic mass is 16.2. The number of benzene rings is 2. The molecule has 104 valence electrons. The predicted molar refractivity (Wildman–Crippen MR) is 81.6 cm³/mol. The van der Waals surface area contributed by atoms with E-state index >= 15 is 0 Å². The number of nitrogens with two attached hydrogens (primary N) is 1. The molecule has 1 fully saturated rings. The van der Waals surface area contributed by atoms with Crippen molar-refractivity contribution in [3.8, 4) is 0 Å². The van der Waals surface area contributed by atoms with E-state index in [0.29, 0.717) is 5.92 Å². The van der Waals surface area contributed by atoms with E-state index in [1.165, 1.54) is 0 Å². The molecule has 3 heteroatoms. The molecule has 0 bridgehead atoms. The van der Waals surface area contributed by atoms with E-state index in [9.17, 15) is 4.79 Å². The maximum Gasteiger partial charge on any atom is 0.254 e. The summed E-state index contributed by atoms with van der Waals surface area (Å²) in [5.74, 6) is 0.555. The fraction of sp³-hybridized carbons (Fsp3) is 0.353. The van der Waals surface area contributed by atoms with Crippen molar-refractivity contribution in [2.24, 2.45) is 11.7 Å². The van der Waals surface area contributed by atoms with Crippen LogP contribution in [0.25, 0.3) is 10.8 Å². The molecule has 20 heavy (non-hydrogen) atoms. The Bertz CT molecular complexity index is 630. The minimum atomic E-state index is 0.130. The molecule has 2 N–H and O–H groups in total. The van der Waals surface area contributed by atoms with Crippen LogP contribution >= 0.6 is 0 Å². The molecule has 3 nitrogen and oxygen atoms in total. The number of hydrogen-bond acceptors (Lipinski definition) is 2. The minimum absolute atomic E-state index is 0.130. The van der Waals surface area contributed by atoms with Crippen molar-refractivity contribution < 1.29 is 4.79 Å². The van der Waals surface area contributed by atoms with Crippen LogP contribution in [0.3, 0.4) is 0 Å². The van der Waals surface area contributed by atoms with E-state index in [4.69, 9.17) is 5.73 Å². The highest BCUT2D eigenvalue weighted by molar-refractivity contribution is 6.07. The lowest BCUT2D eigenvalue weighted by molar-refractivity contribution is 0.0788. The van der Waals surface area contributed by atoms with Crippen molar-refractivity contribution in [2.45, 2.75) is 19.4 Å². The smallest absolute Gasteiger partial charge is 0.254 e. The van der Waals surface area contributed by atoms with Gasteiger partial charge in [-0.05, 0) is 36.1 Å². The lowest BCUT2D eigenvalue weighted by Crippen LogP contribution is -2.33. The van der Waals surface area contributed by atoms with Gasteiger partial charge in [-0.1, -0.05) is 36.4 Å². The van der Waals surface area contributed by atoms with Gasteiger partial charge in [0.2, 0.25) is 0 Å². The van der Waals surface area contributed by atoms with Gasteiger partial charge in [-0.2, -0.15) is 0 Å². The Morgan fingerprint density at radius 3 is 2.75 bits per heavy atom. The summed E-state index contributed by atoms with van der Waals surface area (Å²) in [5.41, 5.74) is 6.75. The largest absolute Gasteiger partial charge is 0.338 e. The standard InChI is InChI=1S/C17H20N2O/c1-12(18)14-9-10-19(11-14)17(20)16-8-4-6-13-5-2-3-7-15(13)16/h2-8,12,14H,9-11,18H2,1H3. The Balaban J connectivity index is 1.90. The third kappa shape index (κ3) is 2.29. The predicted octanol–water partition coefficient (Wildman–Crippen LogP) is 2.65. The summed E-state index contributed by atoms with van der Waals surface area (Å²) in [4.78, 5) is 14.7. The molecule has 1 saturated heterocycles. The van der Waals surface area contributed by atoms with E-state index in [0.717, 1.165) is 35.8 Å². The average molecular weight is 268 g/mol. The van der Waals surface area contributed by atoms with E-state index < -0.39 is 0 Å². The van der Waals surface area contributed by atoms with Crippen molar-refractivity contribution in [2.75, 3.05) is 13.1 Å². The van der Waals surface area contributed by atoms with E-state index in [2.05, 4.69) is 0 Å². The molecule has 1 aliphatic heterocycles. The molecule has 0 aliphatic carbocycles. The van der Waals surface area contributed by atoms with Crippen LogP contribution in [0.5, 0.6) is 0 Å². The normalized spacial score (nSPS) is 20.3. The number of carbonyl (C=O) groups excluding carboxylic acids is 1. The zero-order chi connectivity index (χ0) is 14.1. The lowest BCUT2D eigenvalue weighted by Gasteiger charge is -2.19. The molecule has 0 aromatic heterocycles. The third-order valence-corrected chi connectivity index (χ3v) is 4.28. The van der Waals surface area contributed by atoms with Gasteiger partial charge in [0.05, 0.1) is 0 Å². The molecule has 2 aromatic carbocycles. The second kappa shape index (κ2) is 5.25. The van der Waals surface area contributed by atoms with Crippen LogP contribution in [0.15, 0.2) is 42.5 Å². The number of rotatable bonds is 2. The van der Waals surface area contributed by atoms with Gasteiger partial charge in [-0.25, -0.2) is 0 Å². The summed E-state index contributed by atoms with van der Waals surface area (Å²) in [7, 11) is 0. The van der Waals surface area contributed by atoms with Crippen LogP contribution in [-0.4, -0.2) is 29.9 Å². The van der Waals surface area contributed by atoms with Crippen LogP contribution < -0.4 is 5.73 Å². The van der Waals surface area contributed by atoms with Crippen molar-refractivity contribution >= 4 is 16.7 Å². The molecular weight excluding hydrogens is 248 g/mol. The van der Waals surface area contributed by atoms with Gasteiger partial charge in [0.15, 0.2) is 0 Å². The van der Waals surface area contributed by atoms with Crippen LogP contribution in [-0.2, 0) is 0 Å². The summed E-state index contributed by atoms with van der Waals surface area (Å²) in [6.45, 7) is 3.62. The van der Waals surface area contributed by atoms with Gasteiger partial charge < -0.3 is 10.6 Å². The second-order valence-electron chi connectivity index (χ2n) is 5.69. The van der Waals surface area contributed by atoms with E-state index in [1.807, 2.05) is 54.3 Å². The number of hydrogen-bond donors (Lipinski definition) is 1. The Kier molecular flexibility index (Phi) is 3.45. The van der Waals surface area contributed by atoms with Crippen LogP contribution in [0.1, 0.15) is 23.7 Å². The zero-order valence-electron chi connectivity index (χ0n) is 11.8. The molecule has 3 rings (SSSR count). The number of carbonyl (C=O) groups is 1. The topological polar surface area (TPSA) is 46.3 Å². The quantitative estimate of drug-likeness (QED) is 0.910. The Hall–Kier alpha value is -1.87. The number of nitrogens with zero attached hydrogens (tertiary/aromatic N) is 1. The van der Waals surface area contributed by atoms with Gasteiger partial charge in [-0.3, -0.25) is 4.79 Å². The minimum Gasteiger partial charge on any atom is -0.338 e. The average Bonchev–Trinajstić information content (AvgIpc) is 2.96. The summed E-state index contributed by atoms with van der Waals surface area (Å²) < 4.78 is 0. The summed E-state index contributed by atoms with van der Waals surface area (Å²) >= 11 is 0. The van der Waals surface area contributed by atoms with Crippen molar-refractivity contribution in [3.63, 3.8) is 0 Å². The summed E-state index contributed by atoms with van der Waals surface area (Å²) in [6.07, 6.45) is 1.01. The fourth-order valence-corrected chi connectivity index (χ4v) is 2.98. The number of likely N-dealkylation sites (tertiary alicyclic amines) is 1. The van der Waals surface area contributed by atoms with E-state index in [-0.39, 0.29) is 11.9 Å². The maximum atomic E-state index is 12.7. The number of amides is 1. The first-order chi connectivity index (χ1) is 9.66. The monoisotopic (exact) mass is 268 g/mol. The van der Waals surface area contributed by atoms with Gasteiger partial charge in [0.25, 0.3) is 5.91 Å². The number of fused-ring (bicyclic) bond motifs is 1. The molecule has 0 saturated carbocycles. The molecule has 2 unspecified atom stereocenters. The molecular formula is C17H20N2O. The highest BCUT2D eigenvalue weighted by Gasteiger charge is 2.29. The maximum absolute atomic E-state index is 12.7. The molecule has 1 aliphatic rings. The van der Waals surface area contributed by atoms with E-state index in [1.54, 1.807) is 0 Å². The van der Waals surface area contributed by atoms with Crippen molar-refractivity contribution in [1.29, 1.82) is 0 Å². The van der Waals surface area contributed by atoms with Crippen LogP contribution in [0.4, 0.5) is 0 Å². The second-order valence-corrected chi connectivity index (χ2v) is 5.69. The Morgan fingerprint density at radius 2 is 2.00 bits per heavy atom. The summed E-state index contributed by atoms with van der Waals surface area (Å²) in [6, 6.07) is 14.1. The van der Waals surface area contributed by atoms with Gasteiger partial charge in [-0.15, -0.1) is 0 Å². The zero-order valence-corrected chi connectivity index (χ0v) is 11.8. The third-order valence-electron chi connectivity index (χ3n) is 4.28. The van der Waals surface area contributed by atoms with Gasteiger partial charge >= 0.3 is 0 Å². The highest BCUT2D eigenvalue weighted by Crippen LogP contribution is 2.24. The van der Waals surface area contributed by atoms with Gasteiger partial charge in [0, 0.05) is 24.7 Å².